The third kappa shape index (κ3) is 6.04. The minimum Gasteiger partial charge on any atom is -0.464 e. The molecule has 0 N–H and O–H groups in total. The normalized spacial score (nSPS) is 9.91. The molecule has 0 fully saturated rings. The minimum absolute atomic E-state index is 0.0607. The molecule has 0 bridgehead atoms. The van der Waals surface area contributed by atoms with Crippen LogP contribution in [-0.2, 0) is 25.7 Å². The van der Waals surface area contributed by atoms with E-state index in [1.165, 1.54) is 21.0 Å². The molecule has 1 aromatic heterocycles. The molecule has 0 aliphatic carbocycles. The number of ether oxygens (including phenoxy) is 4. The first kappa shape index (κ1) is 24.3. The quantitative estimate of drug-likeness (QED) is 0.504. The molecule has 0 saturated heterocycles. The number of carbonyl (C=O) groups excluding carboxylic acids is 3. The van der Waals surface area contributed by atoms with E-state index < -0.39 is 17.9 Å². The highest BCUT2D eigenvalue weighted by Crippen LogP contribution is 2.35. The maximum Gasteiger partial charge on any atom is 0.360 e. The number of nitrogens with zero attached hydrogens (tertiary/aromatic N) is 1. The summed E-state index contributed by atoms with van der Waals surface area (Å²) in [4.78, 5) is 39.5. The van der Waals surface area contributed by atoms with Crippen molar-refractivity contribution in [1.82, 2.24) is 4.98 Å². The Labute approximate surface area is 186 Å². The number of pyridine rings is 1. The maximum absolute atomic E-state index is 12.3. The van der Waals surface area contributed by atoms with Crippen molar-refractivity contribution in [3.63, 3.8) is 0 Å². The summed E-state index contributed by atoms with van der Waals surface area (Å²) >= 11 is 0. The Hall–Kier alpha value is -3.94. The molecule has 0 spiro atoms. The van der Waals surface area contributed by atoms with E-state index in [0.29, 0.717) is 28.0 Å². The number of hydrogen-bond acceptors (Lipinski definition) is 8. The number of hydrogen-bond donors (Lipinski definition) is 0. The molecule has 0 unspecified atom stereocenters. The van der Waals surface area contributed by atoms with Gasteiger partial charge in [0.1, 0.15) is 18.1 Å². The SMILES string of the molecule is CC.COC(=O)c1nc(COC(C)=O)c2ccc(Oc3ccccc3)cc2c1OC(C)=O. The average molecular weight is 439 g/mol. The first-order valence-corrected chi connectivity index (χ1v) is 9.98. The average Bonchev–Trinajstić information content (AvgIpc) is 2.79. The number of para-hydroxylation sites is 1. The summed E-state index contributed by atoms with van der Waals surface area (Å²) in [6.45, 7) is 6.31. The van der Waals surface area contributed by atoms with Gasteiger partial charge in [0.25, 0.3) is 0 Å². The number of rotatable bonds is 6. The lowest BCUT2D eigenvalue weighted by molar-refractivity contribution is -0.142. The van der Waals surface area contributed by atoms with Crippen LogP contribution in [0, 0.1) is 0 Å². The summed E-state index contributed by atoms with van der Waals surface area (Å²) in [5.74, 6) is -0.945. The largest absolute Gasteiger partial charge is 0.464 e. The summed E-state index contributed by atoms with van der Waals surface area (Å²) in [6.07, 6.45) is 0. The summed E-state index contributed by atoms with van der Waals surface area (Å²) in [7, 11) is 1.19. The highest BCUT2D eigenvalue weighted by molar-refractivity contribution is 6.02. The Balaban J connectivity index is 0.00000176. The summed E-state index contributed by atoms with van der Waals surface area (Å²) in [5.41, 5.74) is 0.0991. The van der Waals surface area contributed by atoms with Crippen LogP contribution in [0.25, 0.3) is 10.8 Å². The Bertz CT molecular complexity index is 1110. The standard InChI is InChI=1S/C22H19NO7.C2H6/c1-13(24)28-12-19-17-10-9-16(30-15-7-5-4-6-8-15)11-18(17)21(29-14(2)25)20(23-19)22(26)27-3;1-2/h4-11H,12H2,1-3H3;1-2H3. The number of aromatic nitrogens is 1. The second kappa shape index (κ2) is 11.5. The van der Waals surface area contributed by atoms with Crippen LogP contribution in [0.15, 0.2) is 48.5 Å². The molecule has 32 heavy (non-hydrogen) atoms. The van der Waals surface area contributed by atoms with Crippen LogP contribution in [0.3, 0.4) is 0 Å². The van der Waals surface area contributed by atoms with Crippen molar-refractivity contribution in [1.29, 1.82) is 0 Å². The molecule has 0 aliphatic heterocycles. The predicted molar refractivity (Wildman–Crippen MR) is 118 cm³/mol. The van der Waals surface area contributed by atoms with Crippen LogP contribution in [0.2, 0.25) is 0 Å². The fourth-order valence-electron chi connectivity index (χ4n) is 2.79. The van der Waals surface area contributed by atoms with Gasteiger partial charge in [-0.05, 0) is 30.3 Å². The zero-order chi connectivity index (χ0) is 23.7. The molecule has 0 aliphatic rings. The lowest BCUT2D eigenvalue weighted by Gasteiger charge is -2.15. The molecule has 0 atom stereocenters. The molecule has 1 heterocycles. The van der Waals surface area contributed by atoms with Crippen LogP contribution in [0.5, 0.6) is 17.2 Å². The molecule has 8 nitrogen and oxygen atoms in total. The van der Waals surface area contributed by atoms with Crippen LogP contribution >= 0.6 is 0 Å². The Kier molecular flexibility index (Phi) is 8.71. The third-order valence-electron chi connectivity index (χ3n) is 4.02. The van der Waals surface area contributed by atoms with Crippen LogP contribution in [0.4, 0.5) is 0 Å². The fraction of sp³-hybridized carbons (Fsp3) is 0.250. The van der Waals surface area contributed by atoms with Gasteiger partial charge in [-0.25, -0.2) is 9.78 Å². The summed E-state index contributed by atoms with van der Waals surface area (Å²) < 4.78 is 21.0. The van der Waals surface area contributed by atoms with E-state index in [0.717, 1.165) is 0 Å². The zero-order valence-electron chi connectivity index (χ0n) is 18.6. The van der Waals surface area contributed by atoms with Gasteiger partial charge in [0.15, 0.2) is 11.4 Å². The maximum atomic E-state index is 12.3. The monoisotopic (exact) mass is 439 g/mol. The third-order valence-corrected chi connectivity index (χ3v) is 4.02. The van der Waals surface area contributed by atoms with E-state index in [2.05, 4.69) is 4.98 Å². The van der Waals surface area contributed by atoms with Gasteiger partial charge >= 0.3 is 17.9 Å². The Morgan fingerprint density at radius 3 is 2.16 bits per heavy atom. The number of fused-ring (bicyclic) bond motifs is 1. The van der Waals surface area contributed by atoms with Crippen LogP contribution < -0.4 is 9.47 Å². The van der Waals surface area contributed by atoms with Gasteiger partial charge in [0, 0.05) is 24.6 Å². The van der Waals surface area contributed by atoms with Gasteiger partial charge < -0.3 is 18.9 Å². The smallest absolute Gasteiger partial charge is 0.360 e. The van der Waals surface area contributed by atoms with E-state index >= 15 is 0 Å². The van der Waals surface area contributed by atoms with Crippen molar-refractivity contribution in [2.45, 2.75) is 34.3 Å². The first-order valence-electron chi connectivity index (χ1n) is 9.98. The van der Waals surface area contributed by atoms with E-state index in [4.69, 9.17) is 18.9 Å². The van der Waals surface area contributed by atoms with Crippen molar-refractivity contribution in [2.75, 3.05) is 7.11 Å². The molecule has 3 aromatic rings. The minimum atomic E-state index is -0.799. The van der Waals surface area contributed by atoms with Crippen molar-refractivity contribution >= 4 is 28.7 Å². The highest BCUT2D eigenvalue weighted by Gasteiger charge is 2.23. The lowest BCUT2D eigenvalue weighted by Crippen LogP contribution is -2.14. The van der Waals surface area contributed by atoms with Gasteiger partial charge in [0.05, 0.1) is 12.8 Å². The van der Waals surface area contributed by atoms with E-state index in [9.17, 15) is 14.4 Å². The first-order chi connectivity index (χ1) is 15.4. The molecule has 0 amide bonds. The molecule has 2 aromatic carbocycles. The lowest BCUT2D eigenvalue weighted by atomic mass is 10.1. The molecule has 0 radical (unpaired) electrons. The number of benzene rings is 2. The summed E-state index contributed by atoms with van der Waals surface area (Å²) in [5, 5.41) is 0.914. The van der Waals surface area contributed by atoms with E-state index in [1.807, 2.05) is 32.0 Å². The number of esters is 3. The van der Waals surface area contributed by atoms with Gasteiger partial charge in [0.2, 0.25) is 0 Å². The van der Waals surface area contributed by atoms with Gasteiger partial charge in [-0.1, -0.05) is 32.0 Å². The molecule has 0 saturated carbocycles. The second-order valence-electron chi connectivity index (χ2n) is 6.22. The Morgan fingerprint density at radius 2 is 1.56 bits per heavy atom. The molecule has 8 heteroatoms. The topological polar surface area (TPSA) is 101 Å². The van der Waals surface area contributed by atoms with E-state index in [-0.39, 0.29) is 18.1 Å². The van der Waals surface area contributed by atoms with Crippen LogP contribution in [0.1, 0.15) is 43.9 Å². The van der Waals surface area contributed by atoms with Crippen LogP contribution in [-0.4, -0.2) is 30.0 Å². The fourth-order valence-corrected chi connectivity index (χ4v) is 2.79. The summed E-state index contributed by atoms with van der Waals surface area (Å²) in [6, 6.07) is 14.1. The Morgan fingerprint density at radius 1 is 0.875 bits per heavy atom. The number of carbonyl (C=O) groups is 3. The highest BCUT2D eigenvalue weighted by atomic mass is 16.5. The predicted octanol–water partition coefficient (Wildman–Crippen LogP) is 4.83. The van der Waals surface area contributed by atoms with Gasteiger partial charge in [-0.15, -0.1) is 0 Å². The molecule has 3 rings (SSSR count). The molecular weight excluding hydrogens is 414 g/mol. The zero-order valence-corrected chi connectivity index (χ0v) is 18.6. The van der Waals surface area contributed by atoms with Gasteiger partial charge in [-0.2, -0.15) is 0 Å². The van der Waals surface area contributed by atoms with Gasteiger partial charge in [-0.3, -0.25) is 9.59 Å². The van der Waals surface area contributed by atoms with Crippen molar-refractivity contribution < 1.29 is 33.3 Å². The second-order valence-corrected chi connectivity index (χ2v) is 6.22. The van der Waals surface area contributed by atoms with Crippen molar-refractivity contribution in [3.8, 4) is 17.2 Å². The number of methoxy groups -OCH3 is 1. The van der Waals surface area contributed by atoms with Crippen molar-refractivity contribution in [2.24, 2.45) is 0 Å². The van der Waals surface area contributed by atoms with Crippen molar-refractivity contribution in [3.05, 3.63) is 59.9 Å². The molecule has 168 valence electrons. The molecular formula is C24H25NO7. The van der Waals surface area contributed by atoms with E-state index in [1.54, 1.807) is 30.3 Å².